The molecule has 0 radical (unpaired) electrons. The highest BCUT2D eigenvalue weighted by Crippen LogP contribution is 2.31. The van der Waals surface area contributed by atoms with Crippen LogP contribution in [0.2, 0.25) is 0 Å². The topological polar surface area (TPSA) is 53.3 Å². The Kier molecular flexibility index (Phi) is 6.38. The van der Waals surface area contributed by atoms with E-state index in [0.29, 0.717) is 11.3 Å². The number of carbonyl (C=O) groups is 1. The first kappa shape index (κ1) is 22.0. The van der Waals surface area contributed by atoms with Crippen molar-refractivity contribution in [1.29, 1.82) is 0 Å². The van der Waals surface area contributed by atoms with Crippen LogP contribution in [0, 0.1) is 29.1 Å². The number of allylic oxidation sites excluding steroid dienone is 1. The second-order valence-electron chi connectivity index (χ2n) is 6.30. The van der Waals surface area contributed by atoms with Crippen molar-refractivity contribution >= 4 is 11.9 Å². The van der Waals surface area contributed by atoms with Crippen molar-refractivity contribution in [2.75, 3.05) is 7.11 Å². The van der Waals surface area contributed by atoms with Gasteiger partial charge in [0.05, 0.1) is 7.11 Å². The van der Waals surface area contributed by atoms with Crippen molar-refractivity contribution in [3.8, 4) is 11.5 Å². The minimum absolute atomic E-state index is 0.249. The molecule has 0 saturated heterocycles. The molecule has 0 atom stereocenters. The van der Waals surface area contributed by atoms with Crippen LogP contribution in [0.15, 0.2) is 36.5 Å². The smallest absolute Gasteiger partial charge is 0.207 e. The van der Waals surface area contributed by atoms with Crippen molar-refractivity contribution in [2.45, 2.75) is 6.61 Å². The zero-order chi connectivity index (χ0) is 22.7. The van der Waals surface area contributed by atoms with Gasteiger partial charge >= 0.3 is 0 Å². The number of aryl methyl sites for hydroxylation is 1. The van der Waals surface area contributed by atoms with E-state index in [1.54, 1.807) is 19.2 Å². The van der Waals surface area contributed by atoms with E-state index in [9.17, 15) is 26.7 Å². The number of carbonyl (C=O) groups excluding carboxylic acids is 1. The molecule has 3 aromatic rings. The van der Waals surface area contributed by atoms with Crippen LogP contribution in [0.4, 0.5) is 22.0 Å². The lowest BCUT2D eigenvalue weighted by Gasteiger charge is -2.13. The van der Waals surface area contributed by atoms with Gasteiger partial charge in [-0.25, -0.2) is 13.2 Å². The molecular weight excluding hydrogens is 423 g/mol. The van der Waals surface area contributed by atoms with Crippen LogP contribution in [0.25, 0.3) is 6.08 Å². The minimum atomic E-state index is -2.27. The Hall–Kier alpha value is -3.69. The van der Waals surface area contributed by atoms with Crippen molar-refractivity contribution in [2.24, 2.45) is 7.05 Å². The second-order valence-corrected chi connectivity index (χ2v) is 6.30. The summed E-state index contributed by atoms with van der Waals surface area (Å²) in [5.41, 5.74) is 1.12. The quantitative estimate of drug-likeness (QED) is 0.178. The molecule has 0 bridgehead atoms. The number of hydrogen-bond acceptors (Lipinski definition) is 4. The van der Waals surface area contributed by atoms with Gasteiger partial charge in [0.25, 0.3) is 0 Å². The number of rotatable bonds is 7. The SMILES string of the molecule is COc1ccc(/C=C/C(=O)c2ccnn2C)cc1COc1c(F)c(F)c(F)c(F)c1F. The molecule has 1 heterocycles. The van der Waals surface area contributed by atoms with Gasteiger partial charge < -0.3 is 9.47 Å². The van der Waals surface area contributed by atoms with E-state index in [1.807, 2.05) is 0 Å². The molecule has 10 heteroatoms. The summed E-state index contributed by atoms with van der Waals surface area (Å²) >= 11 is 0. The number of ketones is 1. The maximum atomic E-state index is 13.8. The highest BCUT2D eigenvalue weighted by atomic mass is 19.2. The van der Waals surface area contributed by atoms with Crippen LogP contribution >= 0.6 is 0 Å². The van der Waals surface area contributed by atoms with Crippen LogP contribution in [0.3, 0.4) is 0 Å². The molecule has 5 nitrogen and oxygen atoms in total. The molecular formula is C21H15F5N2O3. The van der Waals surface area contributed by atoms with Crippen molar-refractivity contribution in [1.82, 2.24) is 9.78 Å². The van der Waals surface area contributed by atoms with Crippen molar-refractivity contribution in [3.63, 3.8) is 0 Å². The van der Waals surface area contributed by atoms with Gasteiger partial charge in [-0.3, -0.25) is 9.48 Å². The van der Waals surface area contributed by atoms with Crippen LogP contribution in [-0.2, 0) is 13.7 Å². The Morgan fingerprint density at radius 2 is 1.68 bits per heavy atom. The van der Waals surface area contributed by atoms with E-state index in [1.165, 1.54) is 42.3 Å². The molecule has 3 rings (SSSR count). The molecule has 1 aromatic heterocycles. The third-order valence-electron chi connectivity index (χ3n) is 4.35. The summed E-state index contributed by atoms with van der Waals surface area (Å²) in [6.07, 6.45) is 4.26. The number of nitrogens with zero attached hydrogens (tertiary/aromatic N) is 2. The summed E-state index contributed by atoms with van der Waals surface area (Å²) < 4.78 is 78.9. The van der Waals surface area contributed by atoms with Crippen molar-refractivity contribution < 1.29 is 36.2 Å². The molecule has 0 spiro atoms. The summed E-state index contributed by atoms with van der Waals surface area (Å²) in [4.78, 5) is 12.2. The predicted molar refractivity (Wildman–Crippen MR) is 100 cm³/mol. The first-order valence-corrected chi connectivity index (χ1v) is 8.76. The lowest BCUT2D eigenvalue weighted by molar-refractivity contribution is 0.103. The number of halogens is 5. The summed E-state index contributed by atoms with van der Waals surface area (Å²) in [6, 6.07) is 6.14. The fraction of sp³-hybridized carbons (Fsp3) is 0.143. The molecule has 0 aliphatic carbocycles. The van der Waals surface area contributed by atoms with Crippen LogP contribution in [0.5, 0.6) is 11.5 Å². The summed E-state index contributed by atoms with van der Waals surface area (Å²) in [5, 5.41) is 3.91. The zero-order valence-corrected chi connectivity index (χ0v) is 16.3. The average molecular weight is 438 g/mol. The van der Waals surface area contributed by atoms with Gasteiger partial charge in [-0.15, -0.1) is 0 Å². The Labute approximate surface area is 173 Å². The fourth-order valence-corrected chi connectivity index (χ4v) is 2.75. The number of methoxy groups -OCH3 is 1. The van der Waals surface area contributed by atoms with Crippen LogP contribution in [-0.4, -0.2) is 22.7 Å². The highest BCUT2D eigenvalue weighted by molar-refractivity contribution is 6.05. The first-order chi connectivity index (χ1) is 14.7. The van der Waals surface area contributed by atoms with Gasteiger partial charge in [-0.05, 0) is 29.8 Å². The van der Waals surface area contributed by atoms with E-state index in [-0.39, 0.29) is 17.1 Å². The maximum absolute atomic E-state index is 13.8. The number of benzene rings is 2. The lowest BCUT2D eigenvalue weighted by Crippen LogP contribution is -2.07. The summed E-state index contributed by atoms with van der Waals surface area (Å²) in [6.45, 7) is -0.557. The third-order valence-corrected chi connectivity index (χ3v) is 4.35. The Morgan fingerprint density at radius 3 is 2.26 bits per heavy atom. The molecule has 0 aliphatic rings. The molecule has 2 aromatic carbocycles. The van der Waals surface area contributed by atoms with E-state index in [2.05, 4.69) is 5.10 Å². The zero-order valence-electron chi connectivity index (χ0n) is 16.3. The number of hydrogen-bond donors (Lipinski definition) is 0. The summed E-state index contributed by atoms with van der Waals surface area (Å²) in [5.74, 6) is -12.1. The molecule has 0 N–H and O–H groups in total. The minimum Gasteiger partial charge on any atom is -0.496 e. The Balaban J connectivity index is 1.85. The molecule has 0 aliphatic heterocycles. The molecule has 31 heavy (non-hydrogen) atoms. The predicted octanol–water partition coefficient (Wildman–Crippen LogP) is 4.60. The van der Waals surface area contributed by atoms with E-state index in [4.69, 9.17) is 9.47 Å². The molecule has 0 unspecified atom stereocenters. The largest absolute Gasteiger partial charge is 0.496 e. The number of aromatic nitrogens is 2. The highest BCUT2D eigenvalue weighted by Gasteiger charge is 2.27. The van der Waals surface area contributed by atoms with Crippen LogP contribution in [0.1, 0.15) is 21.6 Å². The monoisotopic (exact) mass is 438 g/mol. The normalized spacial score (nSPS) is 11.2. The van der Waals surface area contributed by atoms with Gasteiger partial charge in [0, 0.05) is 18.8 Å². The Morgan fingerprint density at radius 1 is 1.03 bits per heavy atom. The Bertz CT molecular complexity index is 1150. The molecule has 162 valence electrons. The number of ether oxygens (including phenoxy) is 2. The van der Waals surface area contributed by atoms with Crippen LogP contribution < -0.4 is 9.47 Å². The summed E-state index contributed by atoms with van der Waals surface area (Å²) in [7, 11) is 2.95. The van der Waals surface area contributed by atoms with Gasteiger partial charge in [-0.2, -0.15) is 13.9 Å². The second kappa shape index (κ2) is 8.99. The first-order valence-electron chi connectivity index (χ1n) is 8.76. The molecule has 0 fully saturated rings. The van der Waals surface area contributed by atoms with E-state index < -0.39 is 41.4 Å². The van der Waals surface area contributed by atoms with Gasteiger partial charge in [0.2, 0.25) is 34.9 Å². The average Bonchev–Trinajstić information content (AvgIpc) is 3.20. The van der Waals surface area contributed by atoms with Gasteiger partial charge in [0.1, 0.15) is 18.1 Å². The van der Waals surface area contributed by atoms with Gasteiger partial charge in [0.15, 0.2) is 5.75 Å². The standard InChI is InChI=1S/C21H15F5N2O3/c1-28-13(7-8-27-28)14(29)5-3-11-4-6-15(30-2)12(9-11)10-31-21-19(25)17(23)16(22)18(24)20(21)26/h3-9H,10H2,1-2H3/b5-3+. The maximum Gasteiger partial charge on any atom is 0.207 e. The lowest BCUT2D eigenvalue weighted by atomic mass is 10.1. The van der Waals surface area contributed by atoms with E-state index >= 15 is 0 Å². The van der Waals surface area contributed by atoms with E-state index in [0.717, 1.165) is 0 Å². The van der Waals surface area contributed by atoms with Crippen molar-refractivity contribution in [3.05, 3.63) is 82.4 Å². The van der Waals surface area contributed by atoms with Gasteiger partial charge in [-0.1, -0.05) is 12.1 Å². The molecule has 0 amide bonds. The third kappa shape index (κ3) is 4.42. The fourth-order valence-electron chi connectivity index (χ4n) is 2.75. The molecule has 0 saturated carbocycles.